The number of halogens is 3. The molecule has 0 aliphatic carbocycles. The molecule has 10 heteroatoms. The first-order valence-corrected chi connectivity index (χ1v) is 11.1. The number of nitrogens with one attached hydrogen (secondary N) is 1. The number of aryl methyl sites for hydroxylation is 1. The van der Waals surface area contributed by atoms with Crippen molar-refractivity contribution in [2.75, 3.05) is 5.32 Å². The molecule has 32 heavy (non-hydrogen) atoms. The van der Waals surface area contributed by atoms with Gasteiger partial charge >= 0.3 is 0 Å². The smallest absolute Gasteiger partial charge is 0.279 e. The average molecular weight is 536 g/mol. The van der Waals surface area contributed by atoms with Crippen LogP contribution in [0.15, 0.2) is 63.7 Å². The van der Waals surface area contributed by atoms with Crippen LogP contribution in [0.3, 0.4) is 0 Å². The zero-order valence-corrected chi connectivity index (χ0v) is 19.9. The Hall–Kier alpha value is -2.81. The van der Waals surface area contributed by atoms with E-state index in [-0.39, 0.29) is 12.3 Å². The highest BCUT2D eigenvalue weighted by molar-refractivity contribution is 9.10. The van der Waals surface area contributed by atoms with Gasteiger partial charge in [-0.2, -0.15) is 5.10 Å². The van der Waals surface area contributed by atoms with E-state index in [2.05, 4.69) is 31.5 Å². The molecule has 0 radical (unpaired) electrons. The number of hydrogen-bond donors (Lipinski definition) is 1. The number of carbonyl (C=O) groups is 1. The minimum atomic E-state index is -0.455. The lowest BCUT2D eigenvalue weighted by Gasteiger charge is -2.07. The van der Waals surface area contributed by atoms with Crippen molar-refractivity contribution in [1.82, 2.24) is 14.9 Å². The Morgan fingerprint density at radius 1 is 1.19 bits per heavy atom. The van der Waals surface area contributed by atoms with Crippen LogP contribution in [0.25, 0.3) is 0 Å². The molecule has 0 saturated carbocycles. The summed E-state index contributed by atoms with van der Waals surface area (Å²) in [7, 11) is 0. The molecule has 4 rings (SSSR count). The van der Waals surface area contributed by atoms with Gasteiger partial charge in [-0.3, -0.25) is 9.48 Å². The fourth-order valence-electron chi connectivity index (χ4n) is 2.96. The molecular formula is C22H17BrCl2N4O3. The number of hydrogen-bond acceptors (Lipinski definition) is 5. The van der Waals surface area contributed by atoms with Crippen molar-refractivity contribution in [3.05, 3.63) is 91.8 Å². The molecule has 0 unspecified atom stereocenters. The Bertz CT molecular complexity index is 1250. The van der Waals surface area contributed by atoms with Gasteiger partial charge in [-0.05, 0) is 58.7 Å². The Morgan fingerprint density at radius 2 is 1.97 bits per heavy atom. The summed E-state index contributed by atoms with van der Waals surface area (Å²) < 4.78 is 13.3. The number of ether oxygens (including phenoxy) is 1. The van der Waals surface area contributed by atoms with Crippen LogP contribution in [0, 0.1) is 6.92 Å². The molecule has 0 fully saturated rings. The van der Waals surface area contributed by atoms with Gasteiger partial charge in [0.05, 0.1) is 16.6 Å². The average Bonchev–Trinajstić information content (AvgIpc) is 3.30. The third-order valence-corrected chi connectivity index (χ3v) is 5.65. The van der Waals surface area contributed by atoms with Crippen LogP contribution in [0.5, 0.6) is 5.75 Å². The fraction of sp³-hybridized carbons (Fsp3) is 0.136. The van der Waals surface area contributed by atoms with Gasteiger partial charge < -0.3 is 14.6 Å². The number of nitrogens with zero attached hydrogens (tertiary/aromatic N) is 3. The monoisotopic (exact) mass is 534 g/mol. The van der Waals surface area contributed by atoms with Crippen molar-refractivity contribution >= 4 is 50.9 Å². The lowest BCUT2D eigenvalue weighted by atomic mass is 10.2. The molecule has 0 aliphatic heterocycles. The summed E-state index contributed by atoms with van der Waals surface area (Å²) in [5.74, 6) is 0.980. The molecule has 0 saturated heterocycles. The quantitative estimate of drug-likeness (QED) is 0.308. The normalized spacial score (nSPS) is 10.9. The Balaban J connectivity index is 1.46. The number of carbonyl (C=O) groups excluding carboxylic acids is 1. The van der Waals surface area contributed by atoms with Gasteiger partial charge in [-0.1, -0.05) is 46.6 Å². The van der Waals surface area contributed by atoms with E-state index in [9.17, 15) is 4.79 Å². The summed E-state index contributed by atoms with van der Waals surface area (Å²) in [6, 6.07) is 14.5. The molecule has 0 aliphatic rings. The maximum absolute atomic E-state index is 12.9. The highest BCUT2D eigenvalue weighted by Gasteiger charge is 2.22. The van der Waals surface area contributed by atoms with Crippen LogP contribution < -0.4 is 10.1 Å². The summed E-state index contributed by atoms with van der Waals surface area (Å²) in [5, 5.41) is 12.3. The second-order valence-corrected chi connectivity index (χ2v) is 8.64. The van der Waals surface area contributed by atoms with Gasteiger partial charge in [0.15, 0.2) is 11.5 Å². The lowest BCUT2D eigenvalue weighted by molar-refractivity contribution is 0.101. The minimum Gasteiger partial charge on any atom is -0.489 e. The molecule has 0 atom stereocenters. The topological polar surface area (TPSA) is 82.2 Å². The van der Waals surface area contributed by atoms with E-state index < -0.39 is 5.91 Å². The van der Waals surface area contributed by atoms with Gasteiger partial charge in [-0.15, -0.1) is 0 Å². The maximum Gasteiger partial charge on any atom is 0.279 e. The number of anilines is 1. The van der Waals surface area contributed by atoms with Crippen molar-refractivity contribution in [3.63, 3.8) is 0 Å². The molecule has 2 aromatic carbocycles. The number of amides is 1. The fourth-order valence-corrected chi connectivity index (χ4v) is 3.68. The molecular weight excluding hydrogens is 519 g/mol. The molecule has 7 nitrogen and oxygen atoms in total. The SMILES string of the molecule is Cc1onc(C(=O)Nc2nn(Cc3ccc(Cl)cc3)cc2Br)c1COc1cccc(Cl)c1. The summed E-state index contributed by atoms with van der Waals surface area (Å²) in [5.41, 5.74) is 1.69. The van der Waals surface area contributed by atoms with Crippen molar-refractivity contribution < 1.29 is 14.1 Å². The second kappa shape index (κ2) is 9.77. The van der Waals surface area contributed by atoms with E-state index in [1.165, 1.54) is 0 Å². The molecule has 1 amide bonds. The van der Waals surface area contributed by atoms with Gasteiger partial charge in [0.1, 0.15) is 18.1 Å². The largest absolute Gasteiger partial charge is 0.489 e. The summed E-state index contributed by atoms with van der Waals surface area (Å²) in [6.07, 6.45) is 1.78. The van der Waals surface area contributed by atoms with Crippen molar-refractivity contribution in [3.8, 4) is 5.75 Å². The minimum absolute atomic E-state index is 0.102. The van der Waals surface area contributed by atoms with E-state index in [1.54, 1.807) is 42.1 Å². The third-order valence-electron chi connectivity index (χ3n) is 4.59. The van der Waals surface area contributed by atoms with Gasteiger partial charge in [0, 0.05) is 16.2 Å². The molecule has 2 heterocycles. The van der Waals surface area contributed by atoms with Crippen LogP contribution in [0.1, 0.15) is 27.4 Å². The highest BCUT2D eigenvalue weighted by Crippen LogP contribution is 2.24. The van der Waals surface area contributed by atoms with Crippen LogP contribution in [-0.2, 0) is 13.2 Å². The number of rotatable bonds is 7. The maximum atomic E-state index is 12.9. The zero-order chi connectivity index (χ0) is 22.7. The van der Waals surface area contributed by atoms with Gasteiger partial charge in [0.25, 0.3) is 5.91 Å². The van der Waals surface area contributed by atoms with Gasteiger partial charge in [-0.25, -0.2) is 0 Å². The molecule has 1 N–H and O–H groups in total. The standard InChI is InChI=1S/C22H17BrCl2N4O3/c1-13-18(12-31-17-4-2-3-16(25)9-17)20(28-32-13)22(30)26-21-19(23)11-29(27-21)10-14-5-7-15(24)8-6-14/h2-9,11H,10,12H2,1H3,(H,26,27,30). The first-order chi connectivity index (χ1) is 15.4. The van der Waals surface area contributed by atoms with Gasteiger partial charge in [0.2, 0.25) is 0 Å². The summed E-state index contributed by atoms with van der Waals surface area (Å²) in [6.45, 7) is 2.34. The van der Waals surface area contributed by atoms with Crippen LogP contribution in [0.4, 0.5) is 5.82 Å². The zero-order valence-electron chi connectivity index (χ0n) is 16.8. The third kappa shape index (κ3) is 5.32. The first kappa shape index (κ1) is 22.4. The molecule has 2 aromatic heterocycles. The summed E-state index contributed by atoms with van der Waals surface area (Å²) in [4.78, 5) is 12.9. The lowest BCUT2D eigenvalue weighted by Crippen LogP contribution is -2.16. The molecule has 164 valence electrons. The van der Waals surface area contributed by atoms with E-state index in [0.717, 1.165) is 5.56 Å². The molecule has 0 spiro atoms. The Morgan fingerprint density at radius 3 is 2.72 bits per heavy atom. The van der Waals surface area contributed by atoms with Crippen molar-refractivity contribution in [2.24, 2.45) is 0 Å². The Kier molecular flexibility index (Phi) is 6.83. The molecule has 0 bridgehead atoms. The van der Waals surface area contributed by atoms with Crippen molar-refractivity contribution in [2.45, 2.75) is 20.1 Å². The van der Waals surface area contributed by atoms with E-state index in [1.807, 2.05) is 24.3 Å². The summed E-state index contributed by atoms with van der Waals surface area (Å²) >= 11 is 15.4. The van der Waals surface area contributed by atoms with E-state index in [4.69, 9.17) is 32.5 Å². The Labute approximate surface area is 202 Å². The highest BCUT2D eigenvalue weighted by atomic mass is 79.9. The van der Waals surface area contributed by atoms with Crippen LogP contribution in [0.2, 0.25) is 10.0 Å². The van der Waals surface area contributed by atoms with E-state index in [0.29, 0.717) is 44.0 Å². The predicted molar refractivity (Wildman–Crippen MR) is 125 cm³/mol. The molecule has 4 aromatic rings. The van der Waals surface area contributed by atoms with Crippen LogP contribution in [-0.4, -0.2) is 20.8 Å². The first-order valence-electron chi connectivity index (χ1n) is 9.51. The van der Waals surface area contributed by atoms with E-state index >= 15 is 0 Å². The second-order valence-electron chi connectivity index (χ2n) is 6.92. The van der Waals surface area contributed by atoms with Crippen molar-refractivity contribution in [1.29, 1.82) is 0 Å². The predicted octanol–water partition coefficient (Wildman–Crippen LogP) is 6.13. The number of aromatic nitrogens is 3. The van der Waals surface area contributed by atoms with Crippen LogP contribution >= 0.6 is 39.1 Å². The number of benzene rings is 2.